The van der Waals surface area contributed by atoms with E-state index < -0.39 is 0 Å². The second-order valence-electron chi connectivity index (χ2n) is 5.62. The van der Waals surface area contributed by atoms with Crippen LogP contribution in [0, 0.1) is 0 Å². The Morgan fingerprint density at radius 3 is 2.50 bits per heavy atom. The van der Waals surface area contributed by atoms with Gasteiger partial charge in [-0.15, -0.1) is 0 Å². The molecule has 22 heavy (non-hydrogen) atoms. The summed E-state index contributed by atoms with van der Waals surface area (Å²) in [5.41, 5.74) is 9.15. The molecule has 0 saturated carbocycles. The van der Waals surface area contributed by atoms with Crippen LogP contribution in [-0.2, 0) is 11.2 Å². The maximum atomic E-state index is 11.8. The maximum Gasteiger partial charge on any atom is 0.220 e. The Kier molecular flexibility index (Phi) is 8.41. The summed E-state index contributed by atoms with van der Waals surface area (Å²) in [7, 11) is 0. The summed E-state index contributed by atoms with van der Waals surface area (Å²) in [6.45, 7) is 9.09. The number of anilines is 2. The minimum atomic E-state index is 0.127. The van der Waals surface area contributed by atoms with Gasteiger partial charge in [0.1, 0.15) is 0 Å². The molecule has 0 aliphatic heterocycles. The van der Waals surface area contributed by atoms with Gasteiger partial charge in [-0.1, -0.05) is 25.8 Å². The molecule has 0 bridgehead atoms. The summed E-state index contributed by atoms with van der Waals surface area (Å²) in [6.07, 6.45) is 4.67. The van der Waals surface area contributed by atoms with E-state index in [0.29, 0.717) is 6.42 Å². The number of hydrogen-bond donors (Lipinski definition) is 2. The molecule has 0 spiro atoms. The lowest BCUT2D eigenvalue weighted by Crippen LogP contribution is -2.24. The molecule has 1 amide bonds. The Balaban J connectivity index is 2.47. The third-order valence-corrected chi connectivity index (χ3v) is 3.94. The van der Waals surface area contributed by atoms with Crippen molar-refractivity contribution in [1.29, 1.82) is 0 Å². The highest BCUT2D eigenvalue weighted by molar-refractivity contribution is 5.76. The van der Waals surface area contributed by atoms with Crippen molar-refractivity contribution >= 4 is 17.3 Å². The van der Waals surface area contributed by atoms with E-state index in [1.807, 2.05) is 6.07 Å². The number of rotatable bonds is 10. The minimum Gasteiger partial charge on any atom is -0.397 e. The van der Waals surface area contributed by atoms with Gasteiger partial charge in [-0.3, -0.25) is 4.79 Å². The van der Waals surface area contributed by atoms with Crippen molar-refractivity contribution < 1.29 is 4.79 Å². The van der Waals surface area contributed by atoms with Gasteiger partial charge in [-0.2, -0.15) is 0 Å². The molecule has 1 aromatic carbocycles. The van der Waals surface area contributed by atoms with Crippen LogP contribution in [0.4, 0.5) is 11.4 Å². The van der Waals surface area contributed by atoms with Crippen molar-refractivity contribution in [2.75, 3.05) is 30.3 Å². The van der Waals surface area contributed by atoms with Gasteiger partial charge < -0.3 is 16.0 Å². The molecule has 0 aliphatic rings. The minimum absolute atomic E-state index is 0.127. The molecule has 4 nitrogen and oxygen atoms in total. The molecule has 0 atom stereocenters. The predicted molar refractivity (Wildman–Crippen MR) is 95.3 cm³/mol. The fraction of sp³-hybridized carbons (Fsp3) is 0.611. The standard InChI is InChI=1S/C18H31N3O/c1-4-7-8-13-20-18(22)12-10-15-9-11-17(16(19)14-15)21(5-2)6-3/h9,11,14H,4-8,10,12-13,19H2,1-3H3,(H,20,22). The number of nitrogens with two attached hydrogens (primary N) is 1. The number of carbonyl (C=O) groups is 1. The number of nitrogen functional groups attached to an aromatic ring is 1. The van der Waals surface area contributed by atoms with Crippen LogP contribution in [0.5, 0.6) is 0 Å². The third-order valence-electron chi connectivity index (χ3n) is 3.94. The smallest absolute Gasteiger partial charge is 0.220 e. The Labute approximate surface area is 135 Å². The summed E-state index contributed by atoms with van der Waals surface area (Å²) >= 11 is 0. The molecule has 0 aromatic heterocycles. The molecule has 124 valence electrons. The van der Waals surface area contributed by atoms with Crippen molar-refractivity contribution in [2.24, 2.45) is 0 Å². The van der Waals surface area contributed by atoms with E-state index in [4.69, 9.17) is 5.73 Å². The molecule has 0 aliphatic carbocycles. The van der Waals surface area contributed by atoms with E-state index in [1.54, 1.807) is 0 Å². The van der Waals surface area contributed by atoms with Crippen molar-refractivity contribution in [1.82, 2.24) is 5.32 Å². The van der Waals surface area contributed by atoms with Crippen molar-refractivity contribution in [3.63, 3.8) is 0 Å². The molecule has 4 heteroatoms. The summed E-state index contributed by atoms with van der Waals surface area (Å²) in [5, 5.41) is 2.97. The molecule has 0 unspecified atom stereocenters. The first-order valence-electron chi connectivity index (χ1n) is 8.52. The number of carbonyl (C=O) groups excluding carboxylic acids is 1. The van der Waals surface area contributed by atoms with Crippen LogP contribution in [0.15, 0.2) is 18.2 Å². The van der Waals surface area contributed by atoms with Crippen LogP contribution in [0.3, 0.4) is 0 Å². The normalized spacial score (nSPS) is 10.5. The molecular weight excluding hydrogens is 274 g/mol. The first-order chi connectivity index (χ1) is 10.6. The highest BCUT2D eigenvalue weighted by atomic mass is 16.1. The van der Waals surface area contributed by atoms with Gasteiger partial charge in [0, 0.05) is 26.1 Å². The Morgan fingerprint density at radius 2 is 1.91 bits per heavy atom. The van der Waals surface area contributed by atoms with Gasteiger partial charge >= 0.3 is 0 Å². The molecular formula is C18H31N3O. The van der Waals surface area contributed by atoms with Crippen LogP contribution >= 0.6 is 0 Å². The topological polar surface area (TPSA) is 58.4 Å². The van der Waals surface area contributed by atoms with E-state index >= 15 is 0 Å². The van der Waals surface area contributed by atoms with Crippen LogP contribution in [0.25, 0.3) is 0 Å². The lowest BCUT2D eigenvalue weighted by atomic mass is 10.1. The molecule has 1 rings (SSSR count). The molecule has 3 N–H and O–H groups in total. The zero-order chi connectivity index (χ0) is 16.4. The van der Waals surface area contributed by atoms with Crippen molar-refractivity contribution in [3.05, 3.63) is 23.8 Å². The number of aryl methyl sites for hydroxylation is 1. The molecule has 0 radical (unpaired) electrons. The van der Waals surface area contributed by atoms with E-state index in [0.717, 1.165) is 49.4 Å². The van der Waals surface area contributed by atoms with Gasteiger partial charge in [0.15, 0.2) is 0 Å². The van der Waals surface area contributed by atoms with Crippen molar-refractivity contribution in [3.8, 4) is 0 Å². The van der Waals surface area contributed by atoms with E-state index in [2.05, 4.69) is 43.1 Å². The quantitative estimate of drug-likeness (QED) is 0.515. The Bertz CT molecular complexity index is 456. The molecule has 1 aromatic rings. The van der Waals surface area contributed by atoms with Crippen LogP contribution < -0.4 is 16.0 Å². The van der Waals surface area contributed by atoms with Gasteiger partial charge in [-0.05, 0) is 44.4 Å². The zero-order valence-electron chi connectivity index (χ0n) is 14.3. The fourth-order valence-electron chi connectivity index (χ4n) is 2.56. The first kappa shape index (κ1) is 18.3. The monoisotopic (exact) mass is 305 g/mol. The predicted octanol–water partition coefficient (Wildman–Crippen LogP) is 3.35. The summed E-state index contributed by atoms with van der Waals surface area (Å²) in [6, 6.07) is 6.14. The highest BCUT2D eigenvalue weighted by Gasteiger charge is 2.08. The lowest BCUT2D eigenvalue weighted by Gasteiger charge is -2.23. The number of benzene rings is 1. The number of nitrogens with one attached hydrogen (secondary N) is 1. The second kappa shape index (κ2) is 10.1. The fourth-order valence-corrected chi connectivity index (χ4v) is 2.56. The largest absolute Gasteiger partial charge is 0.397 e. The van der Waals surface area contributed by atoms with Gasteiger partial charge in [-0.25, -0.2) is 0 Å². The average molecular weight is 305 g/mol. The SMILES string of the molecule is CCCCCNC(=O)CCc1ccc(N(CC)CC)c(N)c1. The highest BCUT2D eigenvalue weighted by Crippen LogP contribution is 2.24. The molecule has 0 saturated heterocycles. The van der Waals surface area contributed by atoms with Crippen LogP contribution in [0.2, 0.25) is 0 Å². The van der Waals surface area contributed by atoms with E-state index in [-0.39, 0.29) is 5.91 Å². The summed E-state index contributed by atoms with van der Waals surface area (Å²) in [4.78, 5) is 14.0. The third kappa shape index (κ3) is 5.96. The van der Waals surface area contributed by atoms with Crippen LogP contribution in [-0.4, -0.2) is 25.5 Å². The Morgan fingerprint density at radius 1 is 1.18 bits per heavy atom. The molecule has 0 fully saturated rings. The van der Waals surface area contributed by atoms with Gasteiger partial charge in [0.05, 0.1) is 11.4 Å². The van der Waals surface area contributed by atoms with Gasteiger partial charge in [0.2, 0.25) is 5.91 Å². The maximum absolute atomic E-state index is 11.8. The zero-order valence-corrected chi connectivity index (χ0v) is 14.3. The first-order valence-corrected chi connectivity index (χ1v) is 8.52. The number of hydrogen-bond acceptors (Lipinski definition) is 3. The Hall–Kier alpha value is -1.71. The number of nitrogens with zero attached hydrogens (tertiary/aromatic N) is 1. The molecule has 0 heterocycles. The number of amides is 1. The van der Waals surface area contributed by atoms with Gasteiger partial charge in [0.25, 0.3) is 0 Å². The lowest BCUT2D eigenvalue weighted by molar-refractivity contribution is -0.121. The summed E-state index contributed by atoms with van der Waals surface area (Å²) < 4.78 is 0. The summed E-state index contributed by atoms with van der Waals surface area (Å²) in [5.74, 6) is 0.127. The average Bonchev–Trinajstić information content (AvgIpc) is 2.52. The van der Waals surface area contributed by atoms with Crippen LogP contribution in [0.1, 0.15) is 52.0 Å². The van der Waals surface area contributed by atoms with E-state index in [9.17, 15) is 4.79 Å². The van der Waals surface area contributed by atoms with E-state index in [1.165, 1.54) is 12.8 Å². The van der Waals surface area contributed by atoms with Crippen molar-refractivity contribution in [2.45, 2.75) is 52.9 Å². The number of unbranched alkanes of at least 4 members (excludes halogenated alkanes) is 2. The second-order valence-corrected chi connectivity index (χ2v) is 5.62.